The highest BCUT2D eigenvalue weighted by molar-refractivity contribution is 5.95. The molecule has 0 saturated carbocycles. The first-order valence-corrected chi connectivity index (χ1v) is 12.6. The normalized spacial score (nSPS) is 29.1. The van der Waals surface area contributed by atoms with Crippen LogP contribution in [-0.2, 0) is 9.53 Å². The van der Waals surface area contributed by atoms with Gasteiger partial charge in [0, 0.05) is 32.2 Å². The van der Waals surface area contributed by atoms with Crippen molar-refractivity contribution in [1.29, 1.82) is 5.26 Å². The van der Waals surface area contributed by atoms with E-state index in [1.807, 2.05) is 32.1 Å². The number of nitriles is 1. The molecule has 0 amide bonds. The zero-order valence-electron chi connectivity index (χ0n) is 20.5. The third-order valence-corrected chi connectivity index (χ3v) is 7.94. The molecule has 3 heterocycles. The van der Waals surface area contributed by atoms with Gasteiger partial charge in [0.15, 0.2) is 0 Å². The highest BCUT2D eigenvalue weighted by Crippen LogP contribution is 2.37. The number of carbonyl (C=O) groups is 1. The maximum absolute atomic E-state index is 11.8. The monoisotopic (exact) mass is 447 g/mol. The van der Waals surface area contributed by atoms with Gasteiger partial charge < -0.3 is 9.64 Å². The van der Waals surface area contributed by atoms with Crippen LogP contribution < -0.4 is 0 Å². The van der Waals surface area contributed by atoms with Gasteiger partial charge >= 0.3 is 5.97 Å². The largest absolute Gasteiger partial charge is 0.458 e. The van der Waals surface area contributed by atoms with Crippen LogP contribution in [0.3, 0.4) is 0 Å². The maximum Gasteiger partial charge on any atom is 0.338 e. The number of aryl methyl sites for hydroxylation is 1. The van der Waals surface area contributed by atoms with Crippen molar-refractivity contribution in [2.24, 2.45) is 11.8 Å². The summed E-state index contributed by atoms with van der Waals surface area (Å²) in [6.45, 7) is 14.5. The number of hydrogen-bond donors (Lipinski definition) is 0. The number of ether oxygens (including phenoxy) is 1. The van der Waals surface area contributed by atoms with Crippen LogP contribution in [0.4, 0.5) is 0 Å². The number of piperazine rings is 1. The average Bonchev–Trinajstić information content (AvgIpc) is 3.43. The molecule has 5 heteroatoms. The molecule has 0 spiro atoms. The Morgan fingerprint density at radius 1 is 1.21 bits per heavy atom. The molecule has 2 saturated heterocycles. The minimum Gasteiger partial charge on any atom is -0.458 e. The summed E-state index contributed by atoms with van der Waals surface area (Å²) in [5, 5.41) is 9.14. The van der Waals surface area contributed by atoms with Crippen molar-refractivity contribution >= 4 is 5.97 Å². The van der Waals surface area contributed by atoms with Crippen molar-refractivity contribution in [2.45, 2.75) is 52.5 Å². The molecule has 33 heavy (non-hydrogen) atoms. The molecular weight excluding hydrogens is 410 g/mol. The summed E-state index contributed by atoms with van der Waals surface area (Å²) < 4.78 is 5.23. The molecule has 176 valence electrons. The Hall–Kier alpha value is -2.42. The Morgan fingerprint density at radius 3 is 2.79 bits per heavy atom. The molecule has 4 atom stereocenters. The first-order valence-electron chi connectivity index (χ1n) is 12.6. The van der Waals surface area contributed by atoms with Crippen LogP contribution in [0.25, 0.3) is 0 Å². The lowest BCUT2D eigenvalue weighted by molar-refractivity contribution is -0.135. The molecule has 5 rings (SSSR count). The van der Waals surface area contributed by atoms with Gasteiger partial charge in [-0.3, -0.25) is 4.90 Å². The van der Waals surface area contributed by atoms with Crippen molar-refractivity contribution in [3.05, 3.63) is 58.2 Å². The molecule has 4 unspecified atom stereocenters. The topological polar surface area (TPSA) is 56.6 Å². The SMILES string of the molecule is CC.Cc1cc(C#N)ccc1C1CC2CN(CCC3C=CC4=C(COC4=O)C3C)CCN2C1. The average molecular weight is 448 g/mol. The number of benzene rings is 1. The number of hydrogen-bond acceptors (Lipinski definition) is 5. The fraction of sp³-hybridized carbons (Fsp3) is 0.571. The Bertz CT molecular complexity index is 989. The van der Waals surface area contributed by atoms with Crippen LogP contribution in [0, 0.1) is 30.1 Å². The van der Waals surface area contributed by atoms with Crippen molar-refractivity contribution in [3.8, 4) is 6.07 Å². The Morgan fingerprint density at radius 2 is 2.03 bits per heavy atom. The van der Waals surface area contributed by atoms with E-state index in [-0.39, 0.29) is 5.97 Å². The molecule has 1 aromatic carbocycles. The van der Waals surface area contributed by atoms with Crippen LogP contribution in [-0.4, -0.2) is 61.1 Å². The molecular formula is C28H37N3O2. The zero-order chi connectivity index (χ0) is 23.5. The van der Waals surface area contributed by atoms with Gasteiger partial charge in [0.25, 0.3) is 0 Å². The Labute approximate surface area is 198 Å². The van der Waals surface area contributed by atoms with Gasteiger partial charge in [-0.05, 0) is 72.9 Å². The molecule has 1 aliphatic carbocycles. The maximum atomic E-state index is 11.8. The predicted molar refractivity (Wildman–Crippen MR) is 131 cm³/mol. The number of allylic oxidation sites excluding steroid dienone is 1. The van der Waals surface area contributed by atoms with Crippen molar-refractivity contribution in [3.63, 3.8) is 0 Å². The Kier molecular flexibility index (Phi) is 7.36. The number of esters is 1. The van der Waals surface area contributed by atoms with Crippen molar-refractivity contribution in [1.82, 2.24) is 9.80 Å². The van der Waals surface area contributed by atoms with E-state index in [0.29, 0.717) is 30.4 Å². The van der Waals surface area contributed by atoms with Gasteiger partial charge in [0.2, 0.25) is 0 Å². The number of rotatable bonds is 4. The number of nitrogens with zero attached hydrogens (tertiary/aromatic N) is 3. The van der Waals surface area contributed by atoms with Crippen molar-refractivity contribution in [2.75, 3.05) is 39.3 Å². The minimum absolute atomic E-state index is 0.152. The number of cyclic esters (lactones) is 1. The summed E-state index contributed by atoms with van der Waals surface area (Å²) in [5.41, 5.74) is 5.41. The van der Waals surface area contributed by atoms with Crippen LogP contribution in [0.15, 0.2) is 41.5 Å². The second-order valence-electron chi connectivity index (χ2n) is 9.68. The molecule has 3 aliphatic heterocycles. The number of carbonyl (C=O) groups excluding carboxylic acids is 1. The molecule has 0 aromatic heterocycles. The van der Waals surface area contributed by atoms with E-state index in [2.05, 4.69) is 41.9 Å². The second kappa shape index (κ2) is 10.2. The predicted octanol–water partition coefficient (Wildman–Crippen LogP) is 4.43. The molecule has 0 radical (unpaired) electrons. The summed E-state index contributed by atoms with van der Waals surface area (Å²) in [4.78, 5) is 17.1. The first-order chi connectivity index (χ1) is 16.0. The van der Waals surface area contributed by atoms with Gasteiger partial charge in [-0.1, -0.05) is 39.0 Å². The van der Waals surface area contributed by atoms with Crippen LogP contribution in [0.2, 0.25) is 0 Å². The quantitative estimate of drug-likeness (QED) is 0.639. The van der Waals surface area contributed by atoms with Gasteiger partial charge in [-0.25, -0.2) is 4.79 Å². The molecule has 0 bridgehead atoms. The van der Waals surface area contributed by atoms with E-state index in [0.717, 1.165) is 50.3 Å². The standard InChI is InChI=1S/C26H31N3O2.C2H6/c1-17-11-19(13-27)3-5-23(17)21-12-22-15-28(9-10-29(22)14-21)8-7-20-4-6-24-25(18(20)2)16-31-26(24)30;1-2/h3-6,11,18,20-22H,7-10,12,14-16H2,1-2H3;1-2H3. The van der Waals surface area contributed by atoms with E-state index in [4.69, 9.17) is 10.00 Å². The van der Waals surface area contributed by atoms with Gasteiger partial charge in [-0.15, -0.1) is 0 Å². The summed E-state index contributed by atoms with van der Waals surface area (Å²) >= 11 is 0. The summed E-state index contributed by atoms with van der Waals surface area (Å²) in [5.74, 6) is 1.30. The molecule has 0 N–H and O–H groups in total. The minimum atomic E-state index is -0.152. The van der Waals surface area contributed by atoms with E-state index in [1.165, 1.54) is 23.1 Å². The number of fused-ring (bicyclic) bond motifs is 1. The third-order valence-electron chi connectivity index (χ3n) is 7.94. The van der Waals surface area contributed by atoms with Gasteiger partial charge in [0.05, 0.1) is 17.2 Å². The lowest BCUT2D eigenvalue weighted by Crippen LogP contribution is -2.50. The van der Waals surface area contributed by atoms with Crippen LogP contribution in [0.1, 0.15) is 56.2 Å². The molecule has 5 nitrogen and oxygen atoms in total. The Balaban J connectivity index is 0.00000126. The second-order valence-corrected chi connectivity index (χ2v) is 9.68. The van der Waals surface area contributed by atoms with E-state index >= 15 is 0 Å². The first kappa shape index (κ1) is 23.7. The molecule has 4 aliphatic rings. The summed E-state index contributed by atoms with van der Waals surface area (Å²) in [6, 6.07) is 9.05. The lowest BCUT2D eigenvalue weighted by Gasteiger charge is -2.38. The van der Waals surface area contributed by atoms with E-state index in [9.17, 15) is 4.79 Å². The van der Waals surface area contributed by atoms with E-state index < -0.39 is 0 Å². The lowest BCUT2D eigenvalue weighted by atomic mass is 9.79. The summed E-state index contributed by atoms with van der Waals surface area (Å²) in [6.07, 6.45) is 6.56. The van der Waals surface area contributed by atoms with Crippen LogP contribution >= 0.6 is 0 Å². The van der Waals surface area contributed by atoms with Gasteiger partial charge in [-0.2, -0.15) is 5.26 Å². The molecule has 1 aromatic rings. The fourth-order valence-corrected chi connectivity index (χ4v) is 6.04. The summed E-state index contributed by atoms with van der Waals surface area (Å²) in [7, 11) is 0. The highest BCUT2D eigenvalue weighted by atomic mass is 16.5. The van der Waals surface area contributed by atoms with Crippen molar-refractivity contribution < 1.29 is 9.53 Å². The van der Waals surface area contributed by atoms with Crippen LogP contribution in [0.5, 0.6) is 0 Å². The third kappa shape index (κ3) is 4.78. The fourth-order valence-electron chi connectivity index (χ4n) is 6.04. The highest BCUT2D eigenvalue weighted by Gasteiger charge is 2.38. The molecule has 2 fully saturated rings. The van der Waals surface area contributed by atoms with E-state index in [1.54, 1.807) is 0 Å². The zero-order valence-corrected chi connectivity index (χ0v) is 20.5. The smallest absolute Gasteiger partial charge is 0.338 e. The van der Waals surface area contributed by atoms with Gasteiger partial charge in [0.1, 0.15) is 6.61 Å².